The van der Waals surface area contributed by atoms with Crippen molar-refractivity contribution in [3.63, 3.8) is 0 Å². The van der Waals surface area contributed by atoms with E-state index in [0.29, 0.717) is 23.7 Å². The number of ketones is 1. The molecule has 0 amide bonds. The van der Waals surface area contributed by atoms with E-state index in [9.17, 15) is 4.79 Å². The third kappa shape index (κ3) is 4.11. The standard InChI is InChI=1S/C21H22N2O3/c1-14-9-15(2)11-19(10-14)25-13-18-6-5-17(26-18)7-8-21(24)20-12-22-23(4)16(20)3/h5-12H,13H2,1-4H3/b8-7+. The lowest BCUT2D eigenvalue weighted by Crippen LogP contribution is -1.98. The first-order valence-corrected chi connectivity index (χ1v) is 8.43. The second kappa shape index (κ2) is 7.44. The van der Waals surface area contributed by atoms with E-state index < -0.39 is 0 Å². The molecule has 0 fully saturated rings. The van der Waals surface area contributed by atoms with Gasteiger partial charge in [-0.3, -0.25) is 9.48 Å². The summed E-state index contributed by atoms with van der Waals surface area (Å²) in [5, 5.41) is 4.08. The Morgan fingerprint density at radius 1 is 1.19 bits per heavy atom. The largest absolute Gasteiger partial charge is 0.486 e. The number of aromatic nitrogens is 2. The zero-order valence-corrected chi connectivity index (χ0v) is 15.4. The van der Waals surface area contributed by atoms with Gasteiger partial charge in [-0.1, -0.05) is 6.07 Å². The third-order valence-electron chi connectivity index (χ3n) is 4.16. The summed E-state index contributed by atoms with van der Waals surface area (Å²) < 4.78 is 13.2. The van der Waals surface area contributed by atoms with Crippen molar-refractivity contribution in [2.24, 2.45) is 7.05 Å². The molecule has 0 bridgehead atoms. The molecular formula is C21H22N2O3. The number of hydrogen-bond donors (Lipinski definition) is 0. The number of carbonyl (C=O) groups is 1. The van der Waals surface area contributed by atoms with Crippen molar-refractivity contribution in [2.45, 2.75) is 27.4 Å². The quantitative estimate of drug-likeness (QED) is 0.488. The molecule has 0 radical (unpaired) electrons. The summed E-state index contributed by atoms with van der Waals surface area (Å²) in [5.41, 5.74) is 3.75. The molecule has 5 heteroatoms. The van der Waals surface area contributed by atoms with Crippen LogP contribution in [0.25, 0.3) is 6.08 Å². The molecule has 0 saturated heterocycles. The molecule has 26 heavy (non-hydrogen) atoms. The van der Waals surface area contributed by atoms with Crippen LogP contribution < -0.4 is 4.74 Å². The Morgan fingerprint density at radius 3 is 2.58 bits per heavy atom. The zero-order chi connectivity index (χ0) is 18.7. The molecule has 0 aliphatic carbocycles. The van der Waals surface area contributed by atoms with E-state index in [4.69, 9.17) is 9.15 Å². The SMILES string of the molecule is Cc1cc(C)cc(OCc2ccc(/C=C/C(=O)c3cnn(C)c3C)o2)c1. The topological polar surface area (TPSA) is 57.3 Å². The number of aryl methyl sites for hydroxylation is 3. The number of furan rings is 1. The van der Waals surface area contributed by atoms with Gasteiger partial charge < -0.3 is 9.15 Å². The summed E-state index contributed by atoms with van der Waals surface area (Å²) in [7, 11) is 1.81. The van der Waals surface area contributed by atoms with Gasteiger partial charge in [-0.25, -0.2) is 0 Å². The number of rotatable bonds is 6. The molecule has 5 nitrogen and oxygen atoms in total. The van der Waals surface area contributed by atoms with Crippen LogP contribution in [0.4, 0.5) is 0 Å². The molecule has 0 spiro atoms. The van der Waals surface area contributed by atoms with Gasteiger partial charge in [0.1, 0.15) is 23.9 Å². The highest BCUT2D eigenvalue weighted by Crippen LogP contribution is 2.19. The number of ether oxygens (including phenoxy) is 1. The highest BCUT2D eigenvalue weighted by Gasteiger charge is 2.10. The minimum Gasteiger partial charge on any atom is -0.486 e. The normalized spacial score (nSPS) is 11.2. The highest BCUT2D eigenvalue weighted by molar-refractivity contribution is 6.07. The predicted molar refractivity (Wildman–Crippen MR) is 100 cm³/mol. The lowest BCUT2D eigenvalue weighted by atomic mass is 10.1. The fraction of sp³-hybridized carbons (Fsp3) is 0.238. The number of allylic oxidation sites excluding steroid dienone is 1. The van der Waals surface area contributed by atoms with Crippen molar-refractivity contribution in [1.29, 1.82) is 0 Å². The maximum atomic E-state index is 12.2. The Labute approximate surface area is 152 Å². The lowest BCUT2D eigenvalue weighted by molar-refractivity contribution is 0.104. The molecule has 0 aliphatic heterocycles. The smallest absolute Gasteiger partial charge is 0.189 e. The van der Waals surface area contributed by atoms with E-state index >= 15 is 0 Å². The summed E-state index contributed by atoms with van der Waals surface area (Å²) in [6.07, 6.45) is 4.74. The van der Waals surface area contributed by atoms with Crippen molar-refractivity contribution in [3.05, 3.63) is 76.5 Å². The van der Waals surface area contributed by atoms with Gasteiger partial charge in [-0.05, 0) is 68.3 Å². The van der Waals surface area contributed by atoms with E-state index in [0.717, 1.165) is 22.6 Å². The second-order valence-electron chi connectivity index (χ2n) is 6.38. The Balaban J connectivity index is 1.62. The number of hydrogen-bond acceptors (Lipinski definition) is 4. The van der Waals surface area contributed by atoms with Crippen LogP contribution in [0.3, 0.4) is 0 Å². The Morgan fingerprint density at radius 2 is 1.92 bits per heavy atom. The molecule has 134 valence electrons. The van der Waals surface area contributed by atoms with Crippen LogP contribution in [-0.2, 0) is 13.7 Å². The monoisotopic (exact) mass is 350 g/mol. The molecule has 0 aliphatic rings. The summed E-state index contributed by atoms with van der Waals surface area (Å²) in [5.74, 6) is 2.03. The molecule has 0 unspecified atom stereocenters. The molecule has 0 atom stereocenters. The van der Waals surface area contributed by atoms with Crippen LogP contribution in [0.15, 0.2) is 47.0 Å². The van der Waals surface area contributed by atoms with Gasteiger partial charge >= 0.3 is 0 Å². The van der Waals surface area contributed by atoms with Gasteiger partial charge in [0, 0.05) is 12.7 Å². The maximum Gasteiger partial charge on any atom is 0.189 e. The van der Waals surface area contributed by atoms with Crippen molar-refractivity contribution < 1.29 is 13.9 Å². The molecule has 3 rings (SSSR count). The van der Waals surface area contributed by atoms with E-state index in [1.165, 1.54) is 6.08 Å². The molecule has 0 N–H and O–H groups in total. The average Bonchev–Trinajstić information content (AvgIpc) is 3.17. The highest BCUT2D eigenvalue weighted by atomic mass is 16.5. The van der Waals surface area contributed by atoms with Gasteiger partial charge in [0.25, 0.3) is 0 Å². The minimum atomic E-state index is -0.0972. The van der Waals surface area contributed by atoms with E-state index in [2.05, 4.69) is 11.2 Å². The van der Waals surface area contributed by atoms with Gasteiger partial charge in [-0.2, -0.15) is 5.10 Å². The first kappa shape index (κ1) is 17.7. The van der Waals surface area contributed by atoms with Crippen molar-refractivity contribution in [1.82, 2.24) is 9.78 Å². The van der Waals surface area contributed by atoms with E-state index in [1.807, 2.05) is 52.1 Å². The van der Waals surface area contributed by atoms with Gasteiger partial charge in [0.2, 0.25) is 0 Å². The van der Waals surface area contributed by atoms with Gasteiger partial charge in [0.05, 0.1) is 11.8 Å². The summed E-state index contributed by atoms with van der Waals surface area (Å²) in [4.78, 5) is 12.2. The fourth-order valence-corrected chi connectivity index (χ4v) is 2.72. The lowest BCUT2D eigenvalue weighted by Gasteiger charge is -2.06. The molecular weight excluding hydrogens is 328 g/mol. The Kier molecular flexibility index (Phi) is 5.07. The van der Waals surface area contributed by atoms with Crippen LogP contribution in [0.5, 0.6) is 5.75 Å². The Bertz CT molecular complexity index is 943. The van der Waals surface area contributed by atoms with Gasteiger partial charge in [0.15, 0.2) is 5.78 Å². The van der Waals surface area contributed by atoms with Gasteiger partial charge in [-0.15, -0.1) is 0 Å². The third-order valence-corrected chi connectivity index (χ3v) is 4.16. The van der Waals surface area contributed by atoms with Crippen LogP contribution in [-0.4, -0.2) is 15.6 Å². The second-order valence-corrected chi connectivity index (χ2v) is 6.38. The van der Waals surface area contributed by atoms with Crippen molar-refractivity contribution in [2.75, 3.05) is 0 Å². The van der Waals surface area contributed by atoms with E-state index in [-0.39, 0.29) is 5.78 Å². The number of nitrogens with zero attached hydrogens (tertiary/aromatic N) is 2. The Hall–Kier alpha value is -3.08. The zero-order valence-electron chi connectivity index (χ0n) is 15.4. The van der Waals surface area contributed by atoms with Crippen molar-refractivity contribution >= 4 is 11.9 Å². The minimum absolute atomic E-state index is 0.0972. The fourth-order valence-electron chi connectivity index (χ4n) is 2.72. The van der Waals surface area contributed by atoms with Crippen LogP contribution in [0, 0.1) is 20.8 Å². The average molecular weight is 350 g/mol. The summed E-state index contributed by atoms with van der Waals surface area (Å²) in [6, 6.07) is 9.75. The molecule has 0 saturated carbocycles. The first-order valence-electron chi connectivity index (χ1n) is 8.43. The van der Waals surface area contributed by atoms with Crippen LogP contribution in [0.2, 0.25) is 0 Å². The molecule has 1 aromatic carbocycles. The number of benzene rings is 1. The summed E-state index contributed by atoms with van der Waals surface area (Å²) in [6.45, 7) is 6.28. The molecule has 2 aromatic heterocycles. The van der Waals surface area contributed by atoms with Crippen molar-refractivity contribution in [3.8, 4) is 5.75 Å². The first-order chi connectivity index (χ1) is 12.4. The summed E-state index contributed by atoms with van der Waals surface area (Å²) >= 11 is 0. The molecule has 2 heterocycles. The maximum absolute atomic E-state index is 12.2. The molecule has 3 aromatic rings. The number of carbonyl (C=O) groups excluding carboxylic acids is 1. The van der Waals surface area contributed by atoms with Crippen LogP contribution >= 0.6 is 0 Å². The predicted octanol–water partition coefficient (Wildman–Crippen LogP) is 4.41. The van der Waals surface area contributed by atoms with Crippen LogP contribution in [0.1, 0.15) is 38.7 Å². The van der Waals surface area contributed by atoms with E-state index in [1.54, 1.807) is 17.0 Å².